The number of amides is 1. The highest BCUT2D eigenvalue weighted by molar-refractivity contribution is 5.98. The molecule has 0 bridgehead atoms. The summed E-state index contributed by atoms with van der Waals surface area (Å²) in [7, 11) is 1.53. The summed E-state index contributed by atoms with van der Waals surface area (Å²) in [6.45, 7) is 4.61. The summed E-state index contributed by atoms with van der Waals surface area (Å²) in [5.74, 6) is 0.325. The monoisotopic (exact) mass is 264 g/mol. The molecule has 0 aromatic heterocycles. The van der Waals surface area contributed by atoms with Crippen LogP contribution < -0.4 is 15.8 Å². The number of hydrogen-bond acceptors (Lipinski definition) is 4. The molecule has 2 atom stereocenters. The SMILES string of the molecule is COc1ccc(N)cc1C(=O)NC1(C)CCOC1C. The minimum absolute atomic E-state index is 0.0106. The van der Waals surface area contributed by atoms with Gasteiger partial charge in [-0.05, 0) is 38.5 Å². The average Bonchev–Trinajstić information content (AvgIpc) is 2.69. The first-order chi connectivity index (χ1) is 8.96. The molecule has 0 saturated carbocycles. The Morgan fingerprint density at radius 3 is 2.89 bits per heavy atom. The highest BCUT2D eigenvalue weighted by atomic mass is 16.5. The number of rotatable bonds is 3. The fourth-order valence-corrected chi connectivity index (χ4v) is 2.23. The van der Waals surface area contributed by atoms with Gasteiger partial charge in [0.25, 0.3) is 5.91 Å². The third-order valence-electron chi connectivity index (χ3n) is 3.75. The highest BCUT2D eigenvalue weighted by Gasteiger charge is 2.38. The van der Waals surface area contributed by atoms with Crippen molar-refractivity contribution < 1.29 is 14.3 Å². The van der Waals surface area contributed by atoms with Gasteiger partial charge in [0.2, 0.25) is 0 Å². The van der Waals surface area contributed by atoms with E-state index in [9.17, 15) is 4.79 Å². The van der Waals surface area contributed by atoms with Crippen LogP contribution in [-0.4, -0.2) is 31.3 Å². The van der Waals surface area contributed by atoms with E-state index in [1.54, 1.807) is 18.2 Å². The molecule has 0 spiro atoms. The van der Waals surface area contributed by atoms with Crippen LogP contribution in [-0.2, 0) is 4.74 Å². The van der Waals surface area contributed by atoms with Gasteiger partial charge in [0.15, 0.2) is 0 Å². The molecule has 1 aliphatic heterocycles. The number of carbonyl (C=O) groups is 1. The predicted molar refractivity (Wildman–Crippen MR) is 73.3 cm³/mol. The number of benzene rings is 1. The van der Waals surface area contributed by atoms with Gasteiger partial charge >= 0.3 is 0 Å². The lowest BCUT2D eigenvalue weighted by Gasteiger charge is -2.29. The molecule has 1 heterocycles. The van der Waals surface area contributed by atoms with E-state index in [-0.39, 0.29) is 17.6 Å². The van der Waals surface area contributed by atoms with E-state index in [0.717, 1.165) is 6.42 Å². The predicted octanol–water partition coefficient (Wildman–Crippen LogP) is 1.57. The van der Waals surface area contributed by atoms with Crippen molar-refractivity contribution in [3.8, 4) is 5.75 Å². The molecule has 2 rings (SSSR count). The summed E-state index contributed by atoms with van der Waals surface area (Å²) in [6, 6.07) is 5.03. The number of hydrogen-bond donors (Lipinski definition) is 2. The van der Waals surface area contributed by atoms with Crippen LogP contribution in [0.4, 0.5) is 5.69 Å². The Morgan fingerprint density at radius 1 is 1.58 bits per heavy atom. The number of methoxy groups -OCH3 is 1. The third kappa shape index (κ3) is 2.66. The number of carbonyl (C=O) groups excluding carboxylic acids is 1. The van der Waals surface area contributed by atoms with Gasteiger partial charge in [-0.25, -0.2) is 0 Å². The number of nitrogen functional groups attached to an aromatic ring is 1. The van der Waals surface area contributed by atoms with Crippen molar-refractivity contribution >= 4 is 11.6 Å². The first kappa shape index (κ1) is 13.7. The van der Waals surface area contributed by atoms with E-state index in [1.807, 2.05) is 13.8 Å². The van der Waals surface area contributed by atoms with E-state index in [4.69, 9.17) is 15.2 Å². The van der Waals surface area contributed by atoms with Crippen molar-refractivity contribution in [2.24, 2.45) is 0 Å². The van der Waals surface area contributed by atoms with E-state index in [1.165, 1.54) is 7.11 Å². The van der Waals surface area contributed by atoms with Crippen LogP contribution >= 0.6 is 0 Å². The summed E-state index contributed by atoms with van der Waals surface area (Å²) in [4.78, 5) is 12.4. The highest BCUT2D eigenvalue weighted by Crippen LogP contribution is 2.27. The fourth-order valence-electron chi connectivity index (χ4n) is 2.23. The molecule has 5 heteroatoms. The van der Waals surface area contributed by atoms with Crippen LogP contribution in [0.1, 0.15) is 30.6 Å². The molecular weight excluding hydrogens is 244 g/mol. The molecule has 1 fully saturated rings. The van der Waals surface area contributed by atoms with Gasteiger partial charge in [-0.1, -0.05) is 0 Å². The quantitative estimate of drug-likeness (QED) is 0.813. The molecule has 1 aromatic rings. The maximum atomic E-state index is 12.4. The molecule has 0 radical (unpaired) electrons. The standard InChI is InChI=1S/C14H20N2O3/c1-9-14(2,6-7-19-9)16-13(17)11-8-10(15)4-5-12(11)18-3/h4-5,8-9H,6-7,15H2,1-3H3,(H,16,17). The summed E-state index contributed by atoms with van der Waals surface area (Å²) < 4.78 is 10.7. The van der Waals surface area contributed by atoms with Crippen molar-refractivity contribution in [1.82, 2.24) is 5.32 Å². The molecule has 1 aliphatic rings. The lowest BCUT2D eigenvalue weighted by atomic mass is 9.94. The van der Waals surface area contributed by atoms with Gasteiger partial charge in [-0.15, -0.1) is 0 Å². The Labute approximate surface area is 113 Å². The van der Waals surface area contributed by atoms with E-state index in [0.29, 0.717) is 23.6 Å². The van der Waals surface area contributed by atoms with Gasteiger partial charge in [0.1, 0.15) is 5.75 Å². The number of anilines is 1. The number of nitrogens with two attached hydrogens (primary N) is 1. The second-order valence-corrected chi connectivity index (χ2v) is 5.09. The van der Waals surface area contributed by atoms with Crippen molar-refractivity contribution in [3.63, 3.8) is 0 Å². The molecule has 1 amide bonds. The Hall–Kier alpha value is -1.75. The summed E-state index contributed by atoms with van der Waals surface area (Å²) in [6.07, 6.45) is 0.786. The minimum Gasteiger partial charge on any atom is -0.496 e. The van der Waals surface area contributed by atoms with Gasteiger partial charge in [-0.2, -0.15) is 0 Å². The van der Waals surface area contributed by atoms with Crippen LogP contribution in [0.25, 0.3) is 0 Å². The maximum Gasteiger partial charge on any atom is 0.255 e. The Balaban J connectivity index is 2.22. The largest absolute Gasteiger partial charge is 0.496 e. The summed E-state index contributed by atoms with van der Waals surface area (Å²) >= 11 is 0. The van der Waals surface area contributed by atoms with Crippen LogP contribution in [0.5, 0.6) is 5.75 Å². The van der Waals surface area contributed by atoms with Crippen LogP contribution in [0.3, 0.4) is 0 Å². The topological polar surface area (TPSA) is 73.6 Å². The molecule has 0 aliphatic carbocycles. The molecule has 2 unspecified atom stereocenters. The first-order valence-electron chi connectivity index (χ1n) is 6.34. The van der Waals surface area contributed by atoms with E-state index in [2.05, 4.69) is 5.32 Å². The molecule has 104 valence electrons. The smallest absolute Gasteiger partial charge is 0.255 e. The zero-order valence-corrected chi connectivity index (χ0v) is 11.5. The number of nitrogens with one attached hydrogen (secondary N) is 1. The van der Waals surface area contributed by atoms with Gasteiger partial charge in [0, 0.05) is 12.3 Å². The maximum absolute atomic E-state index is 12.4. The Kier molecular flexibility index (Phi) is 3.66. The van der Waals surface area contributed by atoms with Crippen LogP contribution in [0, 0.1) is 0 Å². The molecule has 3 N–H and O–H groups in total. The third-order valence-corrected chi connectivity index (χ3v) is 3.75. The first-order valence-corrected chi connectivity index (χ1v) is 6.34. The van der Waals surface area contributed by atoms with Crippen LogP contribution in [0.15, 0.2) is 18.2 Å². The summed E-state index contributed by atoms with van der Waals surface area (Å²) in [5, 5.41) is 3.02. The second-order valence-electron chi connectivity index (χ2n) is 5.09. The Bertz CT molecular complexity index is 490. The van der Waals surface area contributed by atoms with Gasteiger partial charge in [0.05, 0.1) is 24.3 Å². The van der Waals surface area contributed by atoms with E-state index < -0.39 is 0 Å². The molecule has 1 aromatic carbocycles. The van der Waals surface area contributed by atoms with Crippen molar-refractivity contribution in [2.45, 2.75) is 31.9 Å². The lowest BCUT2D eigenvalue weighted by molar-refractivity contribution is 0.0725. The molecular formula is C14H20N2O3. The van der Waals surface area contributed by atoms with E-state index >= 15 is 0 Å². The zero-order chi connectivity index (χ0) is 14.0. The Morgan fingerprint density at radius 2 is 2.32 bits per heavy atom. The zero-order valence-electron chi connectivity index (χ0n) is 11.5. The normalized spacial score (nSPS) is 26.2. The lowest BCUT2D eigenvalue weighted by Crippen LogP contribution is -2.50. The molecule has 5 nitrogen and oxygen atoms in total. The second kappa shape index (κ2) is 5.09. The number of ether oxygens (including phenoxy) is 2. The molecule has 19 heavy (non-hydrogen) atoms. The van der Waals surface area contributed by atoms with Gasteiger partial charge in [-0.3, -0.25) is 4.79 Å². The summed E-state index contributed by atoms with van der Waals surface area (Å²) in [5.41, 5.74) is 6.35. The van der Waals surface area contributed by atoms with Crippen molar-refractivity contribution in [2.75, 3.05) is 19.5 Å². The molecule has 1 saturated heterocycles. The van der Waals surface area contributed by atoms with Crippen molar-refractivity contribution in [1.29, 1.82) is 0 Å². The van der Waals surface area contributed by atoms with Crippen LogP contribution in [0.2, 0.25) is 0 Å². The average molecular weight is 264 g/mol. The fraction of sp³-hybridized carbons (Fsp3) is 0.500. The van der Waals surface area contributed by atoms with Crippen molar-refractivity contribution in [3.05, 3.63) is 23.8 Å². The van der Waals surface area contributed by atoms with Gasteiger partial charge < -0.3 is 20.5 Å². The minimum atomic E-state index is -0.354.